The van der Waals surface area contributed by atoms with Crippen molar-refractivity contribution in [2.24, 2.45) is 5.92 Å². The molecule has 4 heteroatoms. The number of methoxy groups -OCH3 is 1. The summed E-state index contributed by atoms with van der Waals surface area (Å²) in [5.41, 5.74) is 0. The van der Waals surface area contributed by atoms with Crippen molar-refractivity contribution in [3.05, 3.63) is 23.7 Å². The molecule has 1 aromatic heterocycles. The van der Waals surface area contributed by atoms with E-state index in [4.69, 9.17) is 4.42 Å². The van der Waals surface area contributed by atoms with Gasteiger partial charge in [0.05, 0.1) is 13.2 Å². The Balaban J connectivity index is 2.89. The first-order valence-electron chi connectivity index (χ1n) is 6.03. The van der Waals surface area contributed by atoms with Gasteiger partial charge in [0.2, 0.25) is 5.76 Å². The maximum Gasteiger partial charge on any atom is 0.373 e. The van der Waals surface area contributed by atoms with Crippen molar-refractivity contribution < 1.29 is 13.9 Å². The standard InChI is InChI=1S/C13H21NO3/c1-5-9(6-2)12(14-3)10-7-8-11(17-10)13(15)16-4/h7-9,12,14H,5-6H2,1-4H3. The van der Waals surface area contributed by atoms with Gasteiger partial charge in [-0.1, -0.05) is 26.7 Å². The third-order valence-corrected chi connectivity index (χ3v) is 3.15. The van der Waals surface area contributed by atoms with Gasteiger partial charge in [-0.3, -0.25) is 0 Å². The molecule has 0 saturated heterocycles. The second-order valence-corrected chi connectivity index (χ2v) is 4.04. The molecule has 0 aliphatic carbocycles. The highest BCUT2D eigenvalue weighted by atomic mass is 16.5. The van der Waals surface area contributed by atoms with Gasteiger partial charge in [0.25, 0.3) is 0 Å². The topological polar surface area (TPSA) is 51.5 Å². The molecule has 1 rings (SSSR count). The summed E-state index contributed by atoms with van der Waals surface area (Å²) in [6.07, 6.45) is 2.13. The van der Waals surface area contributed by atoms with Gasteiger partial charge in [0.15, 0.2) is 0 Å². The molecule has 96 valence electrons. The highest BCUT2D eigenvalue weighted by Gasteiger charge is 2.23. The summed E-state index contributed by atoms with van der Waals surface area (Å²) in [7, 11) is 3.25. The Morgan fingerprint density at radius 3 is 2.53 bits per heavy atom. The van der Waals surface area contributed by atoms with Crippen molar-refractivity contribution in [2.75, 3.05) is 14.2 Å². The summed E-state index contributed by atoms with van der Waals surface area (Å²) in [4.78, 5) is 11.3. The summed E-state index contributed by atoms with van der Waals surface area (Å²) in [6, 6.07) is 3.64. The van der Waals surface area contributed by atoms with Crippen LogP contribution in [0.25, 0.3) is 0 Å². The zero-order valence-corrected chi connectivity index (χ0v) is 10.9. The van der Waals surface area contributed by atoms with Gasteiger partial charge >= 0.3 is 5.97 Å². The Hall–Kier alpha value is -1.29. The van der Waals surface area contributed by atoms with E-state index in [1.165, 1.54) is 7.11 Å². The molecule has 1 aromatic rings. The number of furan rings is 1. The third-order valence-electron chi connectivity index (χ3n) is 3.15. The fourth-order valence-corrected chi connectivity index (χ4v) is 2.10. The minimum absolute atomic E-state index is 0.142. The van der Waals surface area contributed by atoms with Gasteiger partial charge in [-0.2, -0.15) is 0 Å². The molecule has 0 spiro atoms. The lowest BCUT2D eigenvalue weighted by molar-refractivity contribution is 0.0561. The van der Waals surface area contributed by atoms with Crippen LogP contribution in [0.4, 0.5) is 0 Å². The number of nitrogens with one attached hydrogen (secondary N) is 1. The SMILES string of the molecule is CCC(CC)C(NC)c1ccc(C(=O)OC)o1. The molecule has 0 aliphatic rings. The van der Waals surface area contributed by atoms with Crippen molar-refractivity contribution in [3.63, 3.8) is 0 Å². The first-order valence-corrected chi connectivity index (χ1v) is 6.03. The summed E-state index contributed by atoms with van der Waals surface area (Å²) in [5.74, 6) is 1.11. The van der Waals surface area contributed by atoms with Crippen LogP contribution in [-0.2, 0) is 4.74 Å². The second kappa shape index (κ2) is 6.45. The van der Waals surface area contributed by atoms with Crippen LogP contribution in [0, 0.1) is 5.92 Å². The van der Waals surface area contributed by atoms with Gasteiger partial charge in [-0.15, -0.1) is 0 Å². The summed E-state index contributed by atoms with van der Waals surface area (Å²) in [5, 5.41) is 3.24. The molecular weight excluding hydrogens is 218 g/mol. The van der Waals surface area contributed by atoms with E-state index < -0.39 is 5.97 Å². The number of carbonyl (C=O) groups excluding carboxylic acids is 1. The smallest absolute Gasteiger partial charge is 0.373 e. The van der Waals surface area contributed by atoms with Gasteiger partial charge in [-0.05, 0) is 25.1 Å². The molecule has 17 heavy (non-hydrogen) atoms. The Labute approximate surface area is 102 Å². The molecule has 0 aliphatic heterocycles. The van der Waals surface area contributed by atoms with Gasteiger partial charge < -0.3 is 14.5 Å². The van der Waals surface area contributed by atoms with Crippen molar-refractivity contribution in [1.82, 2.24) is 5.32 Å². The Bertz CT molecular complexity index is 355. The number of carbonyl (C=O) groups is 1. The molecule has 1 N–H and O–H groups in total. The minimum atomic E-state index is -0.435. The number of hydrogen-bond acceptors (Lipinski definition) is 4. The molecule has 1 unspecified atom stereocenters. The molecule has 0 saturated carbocycles. The van der Waals surface area contributed by atoms with Crippen LogP contribution in [-0.4, -0.2) is 20.1 Å². The second-order valence-electron chi connectivity index (χ2n) is 4.04. The lowest BCUT2D eigenvalue weighted by Gasteiger charge is -2.22. The van der Waals surface area contributed by atoms with Gasteiger partial charge in [0.1, 0.15) is 5.76 Å². The molecule has 0 radical (unpaired) electrons. The van der Waals surface area contributed by atoms with Crippen molar-refractivity contribution >= 4 is 5.97 Å². The Morgan fingerprint density at radius 2 is 2.06 bits per heavy atom. The average Bonchev–Trinajstić information content (AvgIpc) is 2.83. The van der Waals surface area contributed by atoms with Crippen LogP contribution in [0.15, 0.2) is 16.5 Å². The lowest BCUT2D eigenvalue weighted by atomic mass is 9.92. The summed E-state index contributed by atoms with van der Waals surface area (Å²) in [6.45, 7) is 4.31. The number of hydrogen-bond donors (Lipinski definition) is 1. The van der Waals surface area contributed by atoms with Crippen LogP contribution < -0.4 is 5.32 Å². The summed E-state index contributed by atoms with van der Waals surface area (Å²) < 4.78 is 10.2. The molecular formula is C13H21NO3. The van der Waals surface area contributed by atoms with E-state index >= 15 is 0 Å². The molecule has 0 fully saturated rings. The van der Waals surface area contributed by atoms with E-state index in [0.29, 0.717) is 5.92 Å². The van der Waals surface area contributed by atoms with Crippen LogP contribution in [0.5, 0.6) is 0 Å². The molecule has 0 amide bonds. The van der Waals surface area contributed by atoms with E-state index in [2.05, 4.69) is 23.9 Å². The van der Waals surface area contributed by atoms with Crippen LogP contribution in [0.2, 0.25) is 0 Å². The Kier molecular flexibility index (Phi) is 5.22. The van der Waals surface area contributed by atoms with Crippen LogP contribution in [0.3, 0.4) is 0 Å². The van der Waals surface area contributed by atoms with E-state index in [0.717, 1.165) is 18.6 Å². The fourth-order valence-electron chi connectivity index (χ4n) is 2.10. The molecule has 0 bridgehead atoms. The van der Waals surface area contributed by atoms with E-state index in [-0.39, 0.29) is 11.8 Å². The third kappa shape index (κ3) is 3.09. The average molecular weight is 239 g/mol. The number of rotatable bonds is 6. The molecule has 0 aromatic carbocycles. The van der Waals surface area contributed by atoms with Gasteiger partial charge in [0, 0.05) is 0 Å². The van der Waals surface area contributed by atoms with Crippen molar-refractivity contribution in [3.8, 4) is 0 Å². The van der Waals surface area contributed by atoms with E-state index in [1.54, 1.807) is 6.07 Å². The van der Waals surface area contributed by atoms with Crippen molar-refractivity contribution in [2.45, 2.75) is 32.7 Å². The zero-order chi connectivity index (χ0) is 12.8. The minimum Gasteiger partial charge on any atom is -0.463 e. The maximum absolute atomic E-state index is 11.3. The quantitative estimate of drug-likeness (QED) is 0.775. The van der Waals surface area contributed by atoms with E-state index in [1.807, 2.05) is 13.1 Å². The fraction of sp³-hybridized carbons (Fsp3) is 0.615. The Morgan fingerprint density at radius 1 is 1.41 bits per heavy atom. The predicted octanol–water partition coefficient (Wildman–Crippen LogP) is 2.76. The first kappa shape index (κ1) is 13.8. The van der Waals surface area contributed by atoms with Crippen molar-refractivity contribution in [1.29, 1.82) is 0 Å². The number of esters is 1. The largest absolute Gasteiger partial charge is 0.463 e. The first-order chi connectivity index (χ1) is 8.17. The van der Waals surface area contributed by atoms with Gasteiger partial charge in [-0.25, -0.2) is 4.79 Å². The highest BCUT2D eigenvalue weighted by Crippen LogP contribution is 2.28. The zero-order valence-electron chi connectivity index (χ0n) is 10.9. The molecule has 1 heterocycles. The maximum atomic E-state index is 11.3. The number of ether oxygens (including phenoxy) is 1. The monoisotopic (exact) mass is 239 g/mol. The molecule has 4 nitrogen and oxygen atoms in total. The summed E-state index contributed by atoms with van der Waals surface area (Å²) >= 11 is 0. The van der Waals surface area contributed by atoms with Crippen LogP contribution >= 0.6 is 0 Å². The predicted molar refractivity (Wildman–Crippen MR) is 65.9 cm³/mol. The van der Waals surface area contributed by atoms with Crippen LogP contribution in [0.1, 0.15) is 49.0 Å². The lowest BCUT2D eigenvalue weighted by Crippen LogP contribution is -2.24. The molecule has 1 atom stereocenters. The highest BCUT2D eigenvalue weighted by molar-refractivity contribution is 5.86. The normalized spacial score (nSPS) is 12.8. The van der Waals surface area contributed by atoms with E-state index in [9.17, 15) is 4.79 Å².